The van der Waals surface area contributed by atoms with E-state index in [4.69, 9.17) is 23.7 Å². The molecule has 0 aromatic carbocycles. The summed E-state index contributed by atoms with van der Waals surface area (Å²) in [7, 11) is 2.64. The number of hydrogen-bond acceptors (Lipinski definition) is 11. The number of aliphatic hydroxyl groups is 6. The van der Waals surface area contributed by atoms with Gasteiger partial charge in [-0.25, -0.2) is 0 Å². The van der Waals surface area contributed by atoms with E-state index < -0.39 is 61.4 Å². The minimum absolute atomic E-state index is 0.0377. The average Bonchev–Trinajstić information content (AvgIpc) is 2.60. The van der Waals surface area contributed by atoms with Gasteiger partial charge in [0, 0.05) is 14.2 Å². The van der Waals surface area contributed by atoms with Gasteiger partial charge in [0.25, 0.3) is 0 Å². The summed E-state index contributed by atoms with van der Waals surface area (Å²) >= 11 is 0. The molecule has 0 spiro atoms. The summed E-state index contributed by atoms with van der Waals surface area (Å²) in [5, 5.41) is 59.1. The monoisotopic (exact) mass is 370 g/mol. The number of aliphatic hydroxyl groups excluding tert-OH is 6. The van der Waals surface area contributed by atoms with Gasteiger partial charge in [-0.2, -0.15) is 0 Å². The lowest BCUT2D eigenvalue weighted by Gasteiger charge is -2.42. The fraction of sp³-hybridized carbons (Fsp3) is 1.00. The van der Waals surface area contributed by atoms with Gasteiger partial charge in [0.15, 0.2) is 12.6 Å². The third-order valence-corrected chi connectivity index (χ3v) is 4.33. The molecule has 0 radical (unpaired) electrons. The van der Waals surface area contributed by atoms with Gasteiger partial charge in [0.1, 0.15) is 48.8 Å². The van der Waals surface area contributed by atoms with Gasteiger partial charge in [-0.15, -0.1) is 0 Å². The molecule has 0 bridgehead atoms. The highest BCUT2D eigenvalue weighted by Gasteiger charge is 2.47. The highest BCUT2D eigenvalue weighted by atomic mass is 16.7. The highest BCUT2D eigenvalue weighted by molar-refractivity contribution is 4.91. The van der Waals surface area contributed by atoms with E-state index in [0.717, 1.165) is 0 Å². The molecule has 2 rings (SSSR count). The molecule has 2 fully saturated rings. The predicted molar refractivity (Wildman–Crippen MR) is 78.2 cm³/mol. The van der Waals surface area contributed by atoms with Crippen LogP contribution in [-0.2, 0) is 23.7 Å². The molecule has 0 aromatic heterocycles. The first-order chi connectivity index (χ1) is 11.8. The van der Waals surface area contributed by atoms with Gasteiger partial charge in [-0.05, 0) is 0 Å². The van der Waals surface area contributed by atoms with E-state index in [-0.39, 0.29) is 13.2 Å². The van der Waals surface area contributed by atoms with Crippen LogP contribution >= 0.6 is 0 Å². The molecule has 25 heavy (non-hydrogen) atoms. The Bertz CT molecular complexity index is 408. The molecule has 11 nitrogen and oxygen atoms in total. The Hall–Kier alpha value is -0.440. The van der Waals surface area contributed by atoms with Crippen molar-refractivity contribution in [1.82, 2.24) is 0 Å². The zero-order valence-electron chi connectivity index (χ0n) is 13.9. The number of methoxy groups -OCH3 is 2. The Labute approximate surface area is 144 Å². The Morgan fingerprint density at radius 2 is 1.12 bits per heavy atom. The van der Waals surface area contributed by atoms with Crippen molar-refractivity contribution in [2.24, 2.45) is 0 Å². The second kappa shape index (κ2) is 8.97. The van der Waals surface area contributed by atoms with Crippen molar-refractivity contribution < 1.29 is 54.3 Å². The van der Waals surface area contributed by atoms with Crippen LogP contribution in [0.3, 0.4) is 0 Å². The van der Waals surface area contributed by atoms with Crippen LogP contribution in [0.2, 0.25) is 0 Å². The summed E-state index contributed by atoms with van der Waals surface area (Å²) in [6, 6.07) is 0. The lowest BCUT2D eigenvalue weighted by Crippen LogP contribution is -2.61. The lowest BCUT2D eigenvalue weighted by atomic mass is 9.98. The number of rotatable bonds is 6. The molecule has 11 heteroatoms. The second-order valence-corrected chi connectivity index (χ2v) is 6.05. The Morgan fingerprint density at radius 1 is 0.640 bits per heavy atom. The molecule has 2 saturated heterocycles. The van der Waals surface area contributed by atoms with Gasteiger partial charge in [-0.1, -0.05) is 0 Å². The number of hydrogen-bond donors (Lipinski definition) is 6. The third-order valence-electron chi connectivity index (χ3n) is 4.33. The number of ether oxygens (including phenoxy) is 5. The van der Waals surface area contributed by atoms with Crippen molar-refractivity contribution in [1.29, 1.82) is 0 Å². The molecule has 2 heterocycles. The zero-order valence-corrected chi connectivity index (χ0v) is 13.9. The second-order valence-electron chi connectivity index (χ2n) is 6.05. The molecule has 6 N–H and O–H groups in total. The summed E-state index contributed by atoms with van der Waals surface area (Å²) < 4.78 is 25.8. The van der Waals surface area contributed by atoms with Gasteiger partial charge in [0.2, 0.25) is 0 Å². The highest BCUT2D eigenvalue weighted by Crippen LogP contribution is 2.25. The van der Waals surface area contributed by atoms with E-state index in [1.54, 1.807) is 0 Å². The lowest BCUT2D eigenvalue weighted by molar-refractivity contribution is -0.328. The van der Waals surface area contributed by atoms with E-state index in [0.29, 0.717) is 0 Å². The van der Waals surface area contributed by atoms with Crippen LogP contribution in [0, 0.1) is 0 Å². The fourth-order valence-corrected chi connectivity index (χ4v) is 2.79. The van der Waals surface area contributed by atoms with Crippen LogP contribution in [0.4, 0.5) is 0 Å². The molecule has 0 amide bonds. The van der Waals surface area contributed by atoms with E-state index in [2.05, 4.69) is 0 Å². The van der Waals surface area contributed by atoms with Gasteiger partial charge in [0.05, 0.1) is 13.2 Å². The largest absolute Gasteiger partial charge is 0.387 e. The van der Waals surface area contributed by atoms with Gasteiger partial charge < -0.3 is 54.3 Å². The quantitative estimate of drug-likeness (QED) is 0.269. The molecule has 0 aromatic rings. The van der Waals surface area contributed by atoms with Crippen molar-refractivity contribution in [3.8, 4) is 0 Å². The normalized spacial score (nSPS) is 48.5. The van der Waals surface area contributed by atoms with E-state index in [9.17, 15) is 30.6 Å². The maximum atomic E-state index is 9.96. The smallest absolute Gasteiger partial charge is 0.186 e. The summed E-state index contributed by atoms with van der Waals surface area (Å²) in [5.74, 6) is 0. The summed E-state index contributed by atoms with van der Waals surface area (Å²) in [5.41, 5.74) is 0. The van der Waals surface area contributed by atoms with E-state index in [1.165, 1.54) is 14.2 Å². The van der Waals surface area contributed by atoms with Crippen molar-refractivity contribution in [2.45, 2.75) is 61.4 Å². The van der Waals surface area contributed by atoms with Crippen LogP contribution in [-0.4, -0.2) is 119 Å². The molecular weight excluding hydrogens is 344 g/mol. The van der Waals surface area contributed by atoms with Gasteiger partial charge in [-0.3, -0.25) is 0 Å². The molecule has 0 saturated carbocycles. The Morgan fingerprint density at radius 3 is 1.64 bits per heavy atom. The zero-order chi connectivity index (χ0) is 18.7. The maximum Gasteiger partial charge on any atom is 0.186 e. The van der Waals surface area contributed by atoms with E-state index >= 15 is 0 Å². The van der Waals surface area contributed by atoms with Crippen molar-refractivity contribution >= 4 is 0 Å². The molecule has 0 aliphatic carbocycles. The molecule has 2 aliphatic heterocycles. The van der Waals surface area contributed by atoms with Crippen LogP contribution in [0.25, 0.3) is 0 Å². The topological polar surface area (TPSA) is 168 Å². The SMILES string of the molecule is COCC1O[C@@H](OC[C@@H]2OC(OC)[C@H](O)C(O)C2O)C(O)[C@@H](O)[C@H]1O. The standard InChI is InChI=1S/C14H26O11/c1-21-3-5-7(15)10(18)12(20)14(25-5)23-4-6-8(16)9(17)11(19)13(22-2)24-6/h5-20H,3-4H2,1-2H3/t5?,6-,7-,8?,9?,10-,11+,12?,13?,14+/m0/s1. The van der Waals surface area contributed by atoms with Crippen LogP contribution in [0.1, 0.15) is 0 Å². The van der Waals surface area contributed by atoms with Crippen LogP contribution in [0.15, 0.2) is 0 Å². The summed E-state index contributed by atoms with van der Waals surface area (Å²) in [4.78, 5) is 0. The first kappa shape index (κ1) is 20.9. The van der Waals surface area contributed by atoms with Crippen LogP contribution in [0.5, 0.6) is 0 Å². The van der Waals surface area contributed by atoms with Crippen molar-refractivity contribution in [2.75, 3.05) is 27.4 Å². The summed E-state index contributed by atoms with van der Waals surface area (Å²) in [6.07, 6.45) is -13.3. The predicted octanol–water partition coefficient (Wildman–Crippen LogP) is -4.09. The average molecular weight is 370 g/mol. The van der Waals surface area contributed by atoms with Crippen LogP contribution < -0.4 is 0 Å². The molecule has 148 valence electrons. The Balaban J connectivity index is 1.96. The Kier molecular flexibility index (Phi) is 7.49. The molecule has 10 atom stereocenters. The minimum Gasteiger partial charge on any atom is -0.387 e. The molecular formula is C14H26O11. The fourth-order valence-electron chi connectivity index (χ4n) is 2.79. The van der Waals surface area contributed by atoms with Crippen molar-refractivity contribution in [3.05, 3.63) is 0 Å². The first-order valence-electron chi connectivity index (χ1n) is 7.84. The minimum atomic E-state index is -1.54. The summed E-state index contributed by atoms with van der Waals surface area (Å²) in [6.45, 7) is -0.376. The third kappa shape index (κ3) is 4.46. The first-order valence-corrected chi connectivity index (χ1v) is 7.84. The van der Waals surface area contributed by atoms with Crippen molar-refractivity contribution in [3.63, 3.8) is 0 Å². The van der Waals surface area contributed by atoms with E-state index in [1.807, 2.05) is 0 Å². The molecule has 5 unspecified atom stereocenters. The molecule has 2 aliphatic rings. The van der Waals surface area contributed by atoms with Gasteiger partial charge >= 0.3 is 0 Å². The maximum absolute atomic E-state index is 9.96.